The molecule has 0 spiro atoms. The summed E-state index contributed by atoms with van der Waals surface area (Å²) in [4.78, 5) is 28.7. The Morgan fingerprint density at radius 2 is 1.33 bits per heavy atom. The standard InChI is InChI=1S/C31H55N2O6/c1-3-4-5-6-7-8-9-10-11-12-13-14-15-16-17-21-26-37-27-30(28-38-31(35)36-2)39-33(29-34)25-24-32-22-19-18-20-23-32/h18-20,22-23,29-30H,3-17,21,24-28H2,1-2H3/q+1. The first-order valence-electron chi connectivity index (χ1n) is 15.3. The van der Waals surface area contributed by atoms with Crippen LogP contribution in [0.2, 0.25) is 0 Å². The molecule has 8 nitrogen and oxygen atoms in total. The number of pyridine rings is 1. The van der Waals surface area contributed by atoms with Gasteiger partial charge in [-0.25, -0.2) is 14.4 Å². The number of methoxy groups -OCH3 is 1. The van der Waals surface area contributed by atoms with Gasteiger partial charge in [-0.3, -0.25) is 9.63 Å². The summed E-state index contributed by atoms with van der Waals surface area (Å²) >= 11 is 0. The largest absolute Gasteiger partial charge is 0.508 e. The van der Waals surface area contributed by atoms with Gasteiger partial charge in [-0.05, 0) is 6.42 Å². The number of unbranched alkanes of at least 4 members (excludes halogenated alkanes) is 15. The molecule has 224 valence electrons. The van der Waals surface area contributed by atoms with Crippen molar-refractivity contribution in [1.82, 2.24) is 5.06 Å². The Hall–Kier alpha value is -2.19. The van der Waals surface area contributed by atoms with Gasteiger partial charge < -0.3 is 14.2 Å². The van der Waals surface area contributed by atoms with E-state index in [2.05, 4.69) is 11.7 Å². The molecule has 0 N–H and O–H groups in total. The molecule has 8 heteroatoms. The number of amides is 1. The number of aromatic nitrogens is 1. The first-order valence-corrected chi connectivity index (χ1v) is 15.3. The first kappa shape index (κ1) is 34.8. The van der Waals surface area contributed by atoms with Crippen molar-refractivity contribution >= 4 is 12.6 Å². The summed E-state index contributed by atoms with van der Waals surface area (Å²) in [5.74, 6) is 0. The SMILES string of the molecule is CCCCCCCCCCCCCCCCCCOCC(COC(=O)OC)ON(C=O)CC[n+]1ccccc1. The Morgan fingerprint density at radius 3 is 1.85 bits per heavy atom. The predicted octanol–water partition coefficient (Wildman–Crippen LogP) is 6.79. The van der Waals surface area contributed by atoms with Crippen LogP contribution in [0.3, 0.4) is 0 Å². The van der Waals surface area contributed by atoms with Crippen LogP contribution in [0.1, 0.15) is 110 Å². The Balaban J connectivity index is 2.08. The molecule has 0 saturated heterocycles. The van der Waals surface area contributed by atoms with Crippen LogP contribution in [0.4, 0.5) is 4.79 Å². The van der Waals surface area contributed by atoms with E-state index in [0.29, 0.717) is 26.1 Å². The third-order valence-electron chi connectivity index (χ3n) is 6.76. The van der Waals surface area contributed by atoms with Crippen LogP contribution < -0.4 is 4.57 Å². The van der Waals surface area contributed by atoms with Gasteiger partial charge in [0.2, 0.25) is 6.41 Å². The van der Waals surface area contributed by atoms with Crippen LogP contribution in [0, 0.1) is 0 Å². The second kappa shape index (κ2) is 26.1. The van der Waals surface area contributed by atoms with Crippen LogP contribution in [0.15, 0.2) is 30.6 Å². The first-order chi connectivity index (χ1) is 19.2. The van der Waals surface area contributed by atoms with Gasteiger partial charge in [-0.15, -0.1) is 0 Å². The van der Waals surface area contributed by atoms with E-state index in [0.717, 1.165) is 12.8 Å². The lowest BCUT2D eigenvalue weighted by Crippen LogP contribution is -2.42. The van der Waals surface area contributed by atoms with Crippen LogP contribution in [0.25, 0.3) is 0 Å². The third-order valence-corrected chi connectivity index (χ3v) is 6.76. The minimum atomic E-state index is -0.793. The minimum Gasteiger partial charge on any atom is -0.438 e. The quantitative estimate of drug-likeness (QED) is 0.0394. The molecule has 0 aliphatic rings. The topological polar surface area (TPSA) is 78.2 Å². The maximum absolute atomic E-state index is 11.5. The Bertz CT molecular complexity index is 691. The maximum Gasteiger partial charge on any atom is 0.508 e. The van der Waals surface area contributed by atoms with Gasteiger partial charge >= 0.3 is 6.16 Å². The van der Waals surface area contributed by atoms with E-state index in [4.69, 9.17) is 14.3 Å². The molecule has 0 bridgehead atoms. The molecule has 0 aliphatic heterocycles. The molecule has 0 aliphatic carbocycles. The summed E-state index contributed by atoms with van der Waals surface area (Å²) in [6.45, 7) is 3.97. The number of hydrogen-bond acceptors (Lipinski definition) is 6. The predicted molar refractivity (Wildman–Crippen MR) is 153 cm³/mol. The van der Waals surface area contributed by atoms with E-state index < -0.39 is 12.3 Å². The fraction of sp³-hybridized carbons (Fsp3) is 0.774. The Kier molecular flexibility index (Phi) is 23.3. The minimum absolute atomic E-state index is 0.0611. The summed E-state index contributed by atoms with van der Waals surface area (Å²) in [5.41, 5.74) is 0. The molecule has 1 atom stereocenters. The van der Waals surface area contributed by atoms with Gasteiger partial charge in [0.05, 0.1) is 13.7 Å². The highest BCUT2D eigenvalue weighted by Gasteiger charge is 2.18. The molecule has 1 aromatic heterocycles. The Labute approximate surface area is 237 Å². The van der Waals surface area contributed by atoms with Gasteiger partial charge in [0.1, 0.15) is 19.3 Å². The average molecular weight is 552 g/mol. The highest BCUT2D eigenvalue weighted by Crippen LogP contribution is 2.13. The lowest BCUT2D eigenvalue weighted by atomic mass is 10.0. The van der Waals surface area contributed by atoms with E-state index in [1.807, 2.05) is 35.2 Å². The van der Waals surface area contributed by atoms with E-state index in [1.165, 1.54) is 102 Å². The highest BCUT2D eigenvalue weighted by molar-refractivity contribution is 5.59. The van der Waals surface area contributed by atoms with E-state index >= 15 is 0 Å². The van der Waals surface area contributed by atoms with Crippen molar-refractivity contribution < 1.29 is 33.2 Å². The van der Waals surface area contributed by atoms with Gasteiger partial charge in [0.25, 0.3) is 0 Å². The summed E-state index contributed by atoms with van der Waals surface area (Å²) in [7, 11) is 1.25. The third kappa shape index (κ3) is 21.3. The molecule has 1 rings (SSSR count). The second-order valence-electron chi connectivity index (χ2n) is 10.2. The zero-order chi connectivity index (χ0) is 28.2. The molecule has 1 amide bonds. The van der Waals surface area contributed by atoms with E-state index in [9.17, 15) is 9.59 Å². The van der Waals surface area contributed by atoms with Crippen molar-refractivity contribution in [2.45, 2.75) is 122 Å². The zero-order valence-electron chi connectivity index (χ0n) is 24.7. The number of ether oxygens (including phenoxy) is 3. The van der Waals surface area contributed by atoms with Crippen molar-refractivity contribution in [2.24, 2.45) is 0 Å². The van der Waals surface area contributed by atoms with Crippen LogP contribution >= 0.6 is 0 Å². The zero-order valence-corrected chi connectivity index (χ0v) is 24.7. The fourth-order valence-corrected chi connectivity index (χ4v) is 4.42. The number of carbonyl (C=O) groups is 2. The van der Waals surface area contributed by atoms with Gasteiger partial charge in [-0.1, -0.05) is 109 Å². The van der Waals surface area contributed by atoms with Crippen LogP contribution in [0.5, 0.6) is 0 Å². The molecule has 1 unspecified atom stereocenters. The van der Waals surface area contributed by atoms with Gasteiger partial charge in [0.15, 0.2) is 18.9 Å². The number of carbonyl (C=O) groups excluding carboxylic acids is 2. The lowest BCUT2D eigenvalue weighted by molar-refractivity contribution is -0.697. The van der Waals surface area contributed by atoms with Crippen molar-refractivity contribution in [3.8, 4) is 0 Å². The second-order valence-corrected chi connectivity index (χ2v) is 10.2. The molecule has 0 aromatic carbocycles. The van der Waals surface area contributed by atoms with Gasteiger partial charge in [0, 0.05) is 18.7 Å². The average Bonchev–Trinajstić information content (AvgIpc) is 2.97. The van der Waals surface area contributed by atoms with Crippen LogP contribution in [-0.4, -0.2) is 57.2 Å². The smallest absolute Gasteiger partial charge is 0.438 e. The summed E-state index contributed by atoms with van der Waals surface area (Å²) in [6.07, 6.45) is 24.3. The summed E-state index contributed by atoms with van der Waals surface area (Å²) < 4.78 is 17.3. The van der Waals surface area contributed by atoms with Crippen molar-refractivity contribution in [2.75, 3.05) is 33.5 Å². The molecule has 39 heavy (non-hydrogen) atoms. The Morgan fingerprint density at radius 1 is 0.795 bits per heavy atom. The lowest BCUT2D eigenvalue weighted by Gasteiger charge is -2.23. The van der Waals surface area contributed by atoms with Crippen LogP contribution in [-0.2, 0) is 30.4 Å². The summed E-state index contributed by atoms with van der Waals surface area (Å²) in [5, 5.41) is 1.21. The highest BCUT2D eigenvalue weighted by atomic mass is 16.7. The number of hydrogen-bond donors (Lipinski definition) is 0. The molecule has 0 saturated carbocycles. The monoisotopic (exact) mass is 551 g/mol. The molecule has 0 radical (unpaired) electrons. The summed E-state index contributed by atoms with van der Waals surface area (Å²) in [6, 6.07) is 5.78. The maximum atomic E-state index is 11.5. The van der Waals surface area contributed by atoms with E-state index in [-0.39, 0.29) is 13.2 Å². The number of hydroxylamine groups is 2. The molecule has 0 fully saturated rings. The number of rotatable bonds is 27. The fourth-order valence-electron chi connectivity index (χ4n) is 4.42. The molecule has 1 aromatic rings. The van der Waals surface area contributed by atoms with Crippen molar-refractivity contribution in [3.05, 3.63) is 30.6 Å². The normalized spacial score (nSPS) is 11.7. The molecule has 1 heterocycles. The molecular formula is C31H55N2O6+. The number of nitrogens with zero attached hydrogens (tertiary/aromatic N) is 2. The molecular weight excluding hydrogens is 496 g/mol. The van der Waals surface area contributed by atoms with Crippen molar-refractivity contribution in [3.63, 3.8) is 0 Å². The van der Waals surface area contributed by atoms with E-state index in [1.54, 1.807) is 0 Å². The van der Waals surface area contributed by atoms with Crippen molar-refractivity contribution in [1.29, 1.82) is 0 Å². The van der Waals surface area contributed by atoms with Gasteiger partial charge in [-0.2, -0.15) is 0 Å².